The molecule has 2 saturated heterocycles. The fraction of sp³-hybridized carbons (Fsp3) is 0.583. The molecule has 31 heavy (non-hydrogen) atoms. The normalized spacial score (nSPS) is 24.1. The van der Waals surface area contributed by atoms with E-state index in [-0.39, 0.29) is 11.9 Å². The summed E-state index contributed by atoms with van der Waals surface area (Å²) >= 11 is 0. The van der Waals surface area contributed by atoms with Crippen molar-refractivity contribution in [3.05, 3.63) is 46.2 Å². The van der Waals surface area contributed by atoms with Gasteiger partial charge in [0.2, 0.25) is 0 Å². The van der Waals surface area contributed by atoms with Crippen LogP contribution in [0.4, 0.5) is 0 Å². The molecular formula is C24H30N2O5. The summed E-state index contributed by atoms with van der Waals surface area (Å²) in [5, 5.41) is 10.9. The van der Waals surface area contributed by atoms with Crippen LogP contribution in [0.25, 0.3) is 0 Å². The van der Waals surface area contributed by atoms with E-state index in [4.69, 9.17) is 9.47 Å². The first-order valence-corrected chi connectivity index (χ1v) is 11.3. The Morgan fingerprint density at radius 2 is 1.74 bits per heavy atom. The number of carbonyl (C=O) groups excluding carboxylic acids is 2. The van der Waals surface area contributed by atoms with Gasteiger partial charge in [0.15, 0.2) is 0 Å². The molecule has 0 aromatic heterocycles. The Labute approximate surface area is 182 Å². The molecule has 0 saturated carbocycles. The number of piperidine rings is 2. The first-order chi connectivity index (χ1) is 14.9. The topological polar surface area (TPSA) is 79.3 Å². The Morgan fingerprint density at radius 3 is 2.42 bits per heavy atom. The van der Waals surface area contributed by atoms with Crippen LogP contribution in [-0.4, -0.2) is 66.2 Å². The van der Waals surface area contributed by atoms with Crippen LogP contribution in [0.3, 0.4) is 0 Å². The molecule has 1 unspecified atom stereocenters. The zero-order chi connectivity index (χ0) is 21.6. The Balaban J connectivity index is 1.15. The molecule has 2 fully saturated rings. The summed E-state index contributed by atoms with van der Waals surface area (Å²) in [7, 11) is 0. The number of cyclic esters (lactones) is 2. The first kappa shape index (κ1) is 20.5. The quantitative estimate of drug-likeness (QED) is 0.740. The molecule has 0 radical (unpaired) electrons. The molecule has 1 atom stereocenters. The van der Waals surface area contributed by atoms with Crippen LogP contribution in [0, 0.1) is 12.3 Å². The molecule has 1 spiro atoms. The van der Waals surface area contributed by atoms with Gasteiger partial charge in [0.1, 0.15) is 13.2 Å². The van der Waals surface area contributed by atoms with E-state index in [9.17, 15) is 14.7 Å². The predicted octanol–water partition coefficient (Wildman–Crippen LogP) is 2.32. The van der Waals surface area contributed by atoms with Crippen LogP contribution in [-0.2, 0) is 20.9 Å². The lowest BCUT2D eigenvalue weighted by atomic mass is 9.71. The minimum atomic E-state index is -0.566. The number of nitrogens with zero attached hydrogens (tertiary/aromatic N) is 2. The smallest absolute Gasteiger partial charge is 0.338 e. The van der Waals surface area contributed by atoms with Crippen molar-refractivity contribution in [1.29, 1.82) is 0 Å². The van der Waals surface area contributed by atoms with Crippen molar-refractivity contribution in [2.45, 2.75) is 45.3 Å². The molecule has 166 valence electrons. The van der Waals surface area contributed by atoms with Gasteiger partial charge in [-0.2, -0.15) is 0 Å². The number of benzene rings is 1. The minimum Gasteiger partial charge on any atom is -0.457 e. The number of likely N-dealkylation sites (tertiary alicyclic amines) is 2. The number of esters is 2. The second-order valence-corrected chi connectivity index (χ2v) is 9.43. The van der Waals surface area contributed by atoms with Gasteiger partial charge in [0.05, 0.1) is 17.4 Å². The van der Waals surface area contributed by atoms with Crippen molar-refractivity contribution < 1.29 is 24.2 Å². The maximum Gasteiger partial charge on any atom is 0.338 e. The number of aliphatic hydroxyl groups excluding tert-OH is 1. The van der Waals surface area contributed by atoms with Gasteiger partial charge in [-0.05, 0) is 68.3 Å². The number of hydrogen-bond donors (Lipinski definition) is 1. The number of aliphatic hydroxyl groups is 1. The van der Waals surface area contributed by atoms with Gasteiger partial charge < -0.3 is 24.4 Å². The van der Waals surface area contributed by atoms with E-state index in [0.717, 1.165) is 74.2 Å². The van der Waals surface area contributed by atoms with E-state index in [1.54, 1.807) is 12.1 Å². The van der Waals surface area contributed by atoms with E-state index >= 15 is 0 Å². The Morgan fingerprint density at radius 1 is 1.03 bits per heavy atom. The summed E-state index contributed by atoms with van der Waals surface area (Å²) in [6.45, 7) is 7.26. The van der Waals surface area contributed by atoms with Gasteiger partial charge >= 0.3 is 11.9 Å². The number of fused-ring (bicyclic) bond motifs is 1. The zero-order valence-corrected chi connectivity index (χ0v) is 18.1. The molecule has 4 aliphatic rings. The summed E-state index contributed by atoms with van der Waals surface area (Å²) in [5.41, 5.74) is 4.81. The maximum atomic E-state index is 11.8. The average Bonchev–Trinajstić information content (AvgIpc) is 3.37. The third-order valence-corrected chi connectivity index (χ3v) is 7.79. The highest BCUT2D eigenvalue weighted by Crippen LogP contribution is 2.42. The summed E-state index contributed by atoms with van der Waals surface area (Å²) in [4.78, 5) is 27.8. The van der Waals surface area contributed by atoms with E-state index < -0.39 is 6.10 Å². The maximum absolute atomic E-state index is 11.8. The first-order valence-electron chi connectivity index (χ1n) is 11.3. The summed E-state index contributed by atoms with van der Waals surface area (Å²) < 4.78 is 10.2. The number of rotatable bonds is 4. The van der Waals surface area contributed by atoms with E-state index in [1.165, 1.54) is 0 Å². The van der Waals surface area contributed by atoms with Crippen LogP contribution < -0.4 is 0 Å². The van der Waals surface area contributed by atoms with E-state index in [1.807, 2.05) is 13.0 Å². The highest BCUT2D eigenvalue weighted by atomic mass is 16.5. The molecule has 1 aromatic carbocycles. The Hall–Kier alpha value is -2.38. The molecule has 5 rings (SSSR count). The molecule has 0 amide bonds. The Bertz CT molecular complexity index is 922. The van der Waals surface area contributed by atoms with Gasteiger partial charge in [-0.3, -0.25) is 0 Å². The molecule has 0 bridgehead atoms. The molecule has 7 heteroatoms. The summed E-state index contributed by atoms with van der Waals surface area (Å²) in [6.07, 6.45) is 5.65. The SMILES string of the molecule is Cc1c(C(O)CN2CCC3(CC2)CCN(C2=CC(=O)OC2)CC3)ccc2c1COC2=O. The zero-order valence-electron chi connectivity index (χ0n) is 18.1. The summed E-state index contributed by atoms with van der Waals surface area (Å²) in [6, 6.07) is 3.66. The van der Waals surface area contributed by atoms with Crippen LogP contribution >= 0.6 is 0 Å². The van der Waals surface area contributed by atoms with Gasteiger partial charge in [0.25, 0.3) is 0 Å². The highest BCUT2D eigenvalue weighted by Gasteiger charge is 2.39. The lowest BCUT2D eigenvalue weighted by Crippen LogP contribution is -2.47. The van der Waals surface area contributed by atoms with Gasteiger partial charge in [-0.1, -0.05) is 6.07 Å². The fourth-order valence-electron chi connectivity index (χ4n) is 5.60. The van der Waals surface area contributed by atoms with Crippen molar-refractivity contribution in [2.75, 3.05) is 39.3 Å². The van der Waals surface area contributed by atoms with Crippen LogP contribution in [0.2, 0.25) is 0 Å². The minimum absolute atomic E-state index is 0.222. The lowest BCUT2D eigenvalue weighted by Gasteiger charge is -2.47. The molecule has 7 nitrogen and oxygen atoms in total. The van der Waals surface area contributed by atoms with E-state index in [2.05, 4.69) is 9.80 Å². The largest absolute Gasteiger partial charge is 0.457 e. The highest BCUT2D eigenvalue weighted by molar-refractivity contribution is 5.94. The number of carbonyl (C=O) groups is 2. The van der Waals surface area contributed by atoms with Crippen LogP contribution in [0.5, 0.6) is 0 Å². The monoisotopic (exact) mass is 426 g/mol. The fourth-order valence-corrected chi connectivity index (χ4v) is 5.60. The summed E-state index contributed by atoms with van der Waals surface area (Å²) in [5.74, 6) is -0.491. The third kappa shape index (κ3) is 3.85. The number of ether oxygens (including phenoxy) is 2. The molecular weight excluding hydrogens is 396 g/mol. The van der Waals surface area contributed by atoms with Gasteiger partial charge in [-0.25, -0.2) is 9.59 Å². The van der Waals surface area contributed by atoms with Crippen molar-refractivity contribution in [3.8, 4) is 0 Å². The van der Waals surface area contributed by atoms with Gasteiger partial charge in [0, 0.05) is 31.3 Å². The molecule has 0 aliphatic carbocycles. The molecule has 4 heterocycles. The van der Waals surface area contributed by atoms with Crippen LogP contribution in [0.15, 0.2) is 23.9 Å². The number of β-amino-alcohol motifs (C(OH)–C–C–N with tert-alkyl or cyclic N) is 1. The van der Waals surface area contributed by atoms with Crippen molar-refractivity contribution in [2.24, 2.45) is 5.41 Å². The van der Waals surface area contributed by atoms with E-state index in [0.29, 0.717) is 30.7 Å². The lowest BCUT2D eigenvalue weighted by molar-refractivity contribution is -0.135. The Kier molecular flexibility index (Phi) is 5.26. The second kappa shape index (κ2) is 7.95. The molecule has 1 aromatic rings. The predicted molar refractivity (Wildman–Crippen MR) is 113 cm³/mol. The van der Waals surface area contributed by atoms with Crippen LogP contribution in [0.1, 0.15) is 58.8 Å². The second-order valence-electron chi connectivity index (χ2n) is 9.43. The van der Waals surface area contributed by atoms with Crippen molar-refractivity contribution in [3.63, 3.8) is 0 Å². The number of hydrogen-bond acceptors (Lipinski definition) is 7. The van der Waals surface area contributed by atoms with Crippen molar-refractivity contribution in [1.82, 2.24) is 9.80 Å². The third-order valence-electron chi connectivity index (χ3n) is 7.79. The standard InChI is InChI=1S/C24H30N2O5/c1-16-18(2-3-19-20(16)15-31-23(19)29)21(27)13-25-8-4-24(5-9-25)6-10-26(11-7-24)17-12-22(28)30-14-17/h2-3,12,21,27H,4-11,13-15H2,1H3. The van der Waals surface area contributed by atoms with Crippen molar-refractivity contribution >= 4 is 11.9 Å². The molecule has 1 N–H and O–H groups in total. The molecule has 4 aliphatic heterocycles. The van der Waals surface area contributed by atoms with Gasteiger partial charge in [-0.15, -0.1) is 0 Å². The average molecular weight is 427 g/mol.